The van der Waals surface area contributed by atoms with Crippen LogP contribution in [0.3, 0.4) is 0 Å². The molecule has 148 valence electrons. The van der Waals surface area contributed by atoms with Crippen molar-refractivity contribution in [2.75, 3.05) is 20.4 Å². The lowest BCUT2D eigenvalue weighted by molar-refractivity contribution is -0.122. The van der Waals surface area contributed by atoms with E-state index in [0.29, 0.717) is 29.8 Å². The Balaban J connectivity index is 1.61. The number of phenols is 1. The van der Waals surface area contributed by atoms with Crippen molar-refractivity contribution < 1.29 is 24.2 Å². The van der Waals surface area contributed by atoms with Gasteiger partial charge >= 0.3 is 0 Å². The highest BCUT2D eigenvalue weighted by atomic mass is 16.7. The van der Waals surface area contributed by atoms with E-state index < -0.39 is 0 Å². The molecule has 2 aliphatic heterocycles. The number of nitrogens with zero attached hydrogens (tertiary/aromatic N) is 3. The van der Waals surface area contributed by atoms with Crippen LogP contribution in [0.5, 0.6) is 17.2 Å². The van der Waals surface area contributed by atoms with Crippen molar-refractivity contribution in [2.45, 2.75) is 33.4 Å². The molecule has 2 N–H and O–H groups in total. The van der Waals surface area contributed by atoms with E-state index in [1.54, 1.807) is 16.6 Å². The minimum Gasteiger partial charge on any atom is -0.504 e. The molecule has 2 amide bonds. The second-order valence-corrected chi connectivity index (χ2v) is 7.08. The van der Waals surface area contributed by atoms with E-state index in [2.05, 4.69) is 10.4 Å². The Hall–Kier alpha value is -3.23. The zero-order valence-corrected chi connectivity index (χ0v) is 16.0. The number of nitrogens with one attached hydrogen (secondary N) is 1. The van der Waals surface area contributed by atoms with Gasteiger partial charge in [-0.25, -0.2) is 0 Å². The number of aryl methyl sites for hydroxylation is 2. The molecule has 28 heavy (non-hydrogen) atoms. The summed E-state index contributed by atoms with van der Waals surface area (Å²) in [5.74, 6) is -0.130. The van der Waals surface area contributed by atoms with Gasteiger partial charge in [-0.3, -0.25) is 14.3 Å². The van der Waals surface area contributed by atoms with Gasteiger partial charge in [-0.15, -0.1) is 0 Å². The lowest BCUT2D eigenvalue weighted by Crippen LogP contribution is -2.35. The van der Waals surface area contributed by atoms with Crippen molar-refractivity contribution >= 4 is 11.8 Å². The zero-order valence-electron chi connectivity index (χ0n) is 16.0. The fourth-order valence-corrected chi connectivity index (χ4v) is 3.70. The summed E-state index contributed by atoms with van der Waals surface area (Å²) in [7, 11) is 1.69. The van der Waals surface area contributed by atoms with E-state index in [1.165, 1.54) is 0 Å². The number of benzene rings is 1. The number of likely N-dealkylation sites (N-methyl/N-ethyl adjacent to an activating group) is 1. The van der Waals surface area contributed by atoms with Gasteiger partial charge in [0.2, 0.25) is 18.4 Å². The summed E-state index contributed by atoms with van der Waals surface area (Å²) < 4.78 is 12.5. The van der Waals surface area contributed by atoms with Gasteiger partial charge in [0, 0.05) is 31.4 Å². The average Bonchev–Trinajstić information content (AvgIpc) is 3.24. The Morgan fingerprint density at radius 3 is 2.79 bits per heavy atom. The summed E-state index contributed by atoms with van der Waals surface area (Å²) in [6, 6.07) is 1.91. The summed E-state index contributed by atoms with van der Waals surface area (Å²) in [5.41, 5.74) is 3.34. The molecule has 1 aromatic carbocycles. The number of phenolic OH excluding ortho intramolecular Hbond substituents is 1. The van der Waals surface area contributed by atoms with Crippen molar-refractivity contribution in [3.63, 3.8) is 0 Å². The molecule has 0 aliphatic carbocycles. The molecule has 0 saturated carbocycles. The van der Waals surface area contributed by atoms with Gasteiger partial charge in [0.15, 0.2) is 11.5 Å². The number of aromatic nitrogens is 2. The first-order chi connectivity index (χ1) is 13.4. The van der Waals surface area contributed by atoms with E-state index in [4.69, 9.17) is 9.47 Å². The number of fused-ring (bicyclic) bond motifs is 2. The highest BCUT2D eigenvalue weighted by Gasteiger charge is 2.35. The number of aromatic hydroxyl groups is 1. The fraction of sp³-hybridized carbons (Fsp3) is 0.421. The summed E-state index contributed by atoms with van der Waals surface area (Å²) >= 11 is 0. The maximum Gasteiger partial charge on any atom is 0.257 e. The molecule has 0 spiro atoms. The van der Waals surface area contributed by atoms with Crippen LogP contribution in [-0.2, 0) is 24.3 Å². The van der Waals surface area contributed by atoms with Crippen molar-refractivity contribution in [3.05, 3.63) is 34.1 Å². The normalized spacial score (nSPS) is 15.0. The van der Waals surface area contributed by atoms with E-state index in [-0.39, 0.29) is 48.8 Å². The number of rotatable bonds is 4. The third kappa shape index (κ3) is 2.92. The van der Waals surface area contributed by atoms with Crippen LogP contribution in [0.2, 0.25) is 0 Å². The monoisotopic (exact) mass is 386 g/mol. The van der Waals surface area contributed by atoms with Gasteiger partial charge in [-0.1, -0.05) is 0 Å². The minimum atomic E-state index is -0.271. The molecule has 1 aromatic heterocycles. The highest BCUT2D eigenvalue weighted by molar-refractivity contribution is 6.01. The van der Waals surface area contributed by atoms with Crippen molar-refractivity contribution in [2.24, 2.45) is 0 Å². The molecule has 9 nitrogen and oxygen atoms in total. The van der Waals surface area contributed by atoms with Gasteiger partial charge < -0.3 is 24.8 Å². The average molecular weight is 386 g/mol. The molecule has 0 unspecified atom stereocenters. The van der Waals surface area contributed by atoms with Crippen LogP contribution >= 0.6 is 0 Å². The van der Waals surface area contributed by atoms with Crippen LogP contribution in [0.4, 0.5) is 0 Å². The molecule has 2 aromatic rings. The molecule has 0 radical (unpaired) electrons. The first-order valence-electron chi connectivity index (χ1n) is 9.06. The molecule has 9 heteroatoms. The number of hydrogen-bond acceptors (Lipinski definition) is 6. The van der Waals surface area contributed by atoms with Gasteiger partial charge in [0.25, 0.3) is 5.91 Å². The maximum atomic E-state index is 12.6. The highest BCUT2D eigenvalue weighted by Crippen LogP contribution is 2.48. The number of ether oxygens (including phenoxy) is 2. The van der Waals surface area contributed by atoms with E-state index in [1.807, 2.05) is 19.9 Å². The van der Waals surface area contributed by atoms with E-state index in [0.717, 1.165) is 11.4 Å². The van der Waals surface area contributed by atoms with Gasteiger partial charge in [0.1, 0.15) is 6.54 Å². The first-order valence-corrected chi connectivity index (χ1v) is 9.06. The third-order valence-corrected chi connectivity index (χ3v) is 5.12. The Bertz CT molecular complexity index is 981. The summed E-state index contributed by atoms with van der Waals surface area (Å²) in [6.07, 6.45) is 0.560. The second kappa shape index (κ2) is 6.74. The van der Waals surface area contributed by atoms with Crippen molar-refractivity contribution in [1.29, 1.82) is 0 Å². The second-order valence-electron chi connectivity index (χ2n) is 7.08. The standard InChI is InChI=1S/C19H22N4O5/c1-10-6-11(2)23(21-10)8-14(24)20-7-13-12-4-5-22(3)19(26)15(12)16(25)18-17(13)27-9-28-18/h6,25H,4-5,7-9H2,1-3H3,(H,20,24). The number of carbonyl (C=O) groups excluding carboxylic acids is 2. The molecule has 0 bridgehead atoms. The predicted molar refractivity (Wildman–Crippen MR) is 98.4 cm³/mol. The molecule has 3 heterocycles. The van der Waals surface area contributed by atoms with E-state index in [9.17, 15) is 14.7 Å². The first kappa shape index (κ1) is 18.1. The minimum absolute atomic E-state index is 0.0392. The topological polar surface area (TPSA) is 106 Å². The number of carbonyl (C=O) groups is 2. The molecule has 0 saturated heterocycles. The fourth-order valence-electron chi connectivity index (χ4n) is 3.70. The van der Waals surface area contributed by atoms with Crippen LogP contribution in [0.25, 0.3) is 0 Å². The number of hydrogen-bond donors (Lipinski definition) is 2. The Kier molecular flexibility index (Phi) is 4.37. The molecular weight excluding hydrogens is 364 g/mol. The Morgan fingerprint density at radius 1 is 1.32 bits per heavy atom. The lowest BCUT2D eigenvalue weighted by atomic mass is 9.91. The lowest BCUT2D eigenvalue weighted by Gasteiger charge is -2.28. The van der Waals surface area contributed by atoms with Gasteiger partial charge in [-0.2, -0.15) is 5.10 Å². The van der Waals surface area contributed by atoms with E-state index >= 15 is 0 Å². The maximum absolute atomic E-state index is 12.6. The third-order valence-electron chi connectivity index (χ3n) is 5.12. The van der Waals surface area contributed by atoms with Crippen molar-refractivity contribution in [1.82, 2.24) is 20.0 Å². The smallest absolute Gasteiger partial charge is 0.257 e. The SMILES string of the molecule is Cc1cc(C)n(CC(=O)NCc2c3c(c(O)c4c2OCO4)C(=O)N(C)CC3)n1. The molecule has 0 fully saturated rings. The van der Waals surface area contributed by atoms with Gasteiger partial charge in [0.05, 0.1) is 11.3 Å². The van der Waals surface area contributed by atoms with Gasteiger partial charge in [-0.05, 0) is 31.9 Å². The predicted octanol–water partition coefficient (Wildman–Crippen LogP) is 0.879. The quantitative estimate of drug-likeness (QED) is 0.808. The Morgan fingerprint density at radius 2 is 2.07 bits per heavy atom. The Labute approximate surface area is 161 Å². The summed E-state index contributed by atoms with van der Waals surface area (Å²) in [6.45, 7) is 4.52. The zero-order chi connectivity index (χ0) is 20.0. The van der Waals surface area contributed by atoms with Crippen LogP contribution in [0, 0.1) is 13.8 Å². The summed E-state index contributed by atoms with van der Waals surface area (Å²) in [4.78, 5) is 26.6. The van der Waals surface area contributed by atoms with Crippen LogP contribution in [0.1, 0.15) is 32.9 Å². The molecule has 0 atom stereocenters. The van der Waals surface area contributed by atoms with Crippen LogP contribution in [0.15, 0.2) is 6.07 Å². The van der Waals surface area contributed by atoms with Crippen LogP contribution in [-0.4, -0.2) is 52.0 Å². The molecular formula is C19H22N4O5. The molecule has 4 rings (SSSR count). The largest absolute Gasteiger partial charge is 0.504 e. The van der Waals surface area contributed by atoms with Crippen molar-refractivity contribution in [3.8, 4) is 17.2 Å². The number of amides is 2. The van der Waals surface area contributed by atoms with Crippen LogP contribution < -0.4 is 14.8 Å². The summed E-state index contributed by atoms with van der Waals surface area (Å²) in [5, 5.41) is 17.7. The molecule has 2 aliphatic rings.